The number of carbonyl (C=O) groups is 2. The molecule has 0 spiro atoms. The lowest BCUT2D eigenvalue weighted by atomic mass is 10.1. The normalized spacial score (nSPS) is 15.1. The maximum Gasteiger partial charge on any atom is 0.293 e. The van der Waals surface area contributed by atoms with Gasteiger partial charge in [-0.25, -0.2) is 0 Å². The molecule has 1 aliphatic rings. The lowest BCUT2D eigenvalue weighted by Gasteiger charge is -2.14. The number of amides is 2. The highest BCUT2D eigenvalue weighted by molar-refractivity contribution is 9.11. The van der Waals surface area contributed by atoms with E-state index in [-0.39, 0.29) is 24.3 Å². The summed E-state index contributed by atoms with van der Waals surface area (Å²) < 4.78 is 13.0. The first-order valence-electron chi connectivity index (χ1n) is 9.95. The van der Waals surface area contributed by atoms with Crippen molar-refractivity contribution in [2.75, 3.05) is 19.8 Å². The number of thioether (sulfide) groups is 1. The van der Waals surface area contributed by atoms with E-state index in [9.17, 15) is 9.59 Å². The topological polar surface area (TPSA) is 55.8 Å². The minimum atomic E-state index is -0.317. The molecule has 3 aromatic carbocycles. The summed E-state index contributed by atoms with van der Waals surface area (Å²) in [4.78, 5) is 26.9. The molecule has 0 bridgehead atoms. The van der Waals surface area contributed by atoms with Gasteiger partial charge in [-0.3, -0.25) is 14.5 Å². The average Bonchev–Trinajstić information content (AvgIpc) is 3.03. The van der Waals surface area contributed by atoms with Gasteiger partial charge in [0, 0.05) is 5.39 Å². The molecular formula is C24H19Br2NO4S. The molecule has 0 N–H and O–H groups in total. The maximum absolute atomic E-state index is 12.8. The van der Waals surface area contributed by atoms with Crippen molar-refractivity contribution in [1.82, 2.24) is 4.90 Å². The predicted octanol–water partition coefficient (Wildman–Crippen LogP) is 6.88. The number of ether oxygens (including phenoxy) is 2. The summed E-state index contributed by atoms with van der Waals surface area (Å²) >= 11 is 7.91. The monoisotopic (exact) mass is 575 g/mol. The third kappa shape index (κ3) is 4.87. The fourth-order valence-corrected chi connectivity index (χ4v) is 5.67. The van der Waals surface area contributed by atoms with E-state index in [0.29, 0.717) is 17.3 Å². The van der Waals surface area contributed by atoms with Crippen molar-refractivity contribution in [3.05, 3.63) is 74.0 Å². The fourth-order valence-electron chi connectivity index (χ4n) is 3.36. The van der Waals surface area contributed by atoms with Gasteiger partial charge in [0.15, 0.2) is 0 Å². The van der Waals surface area contributed by atoms with E-state index >= 15 is 0 Å². The number of nitrogens with zero attached hydrogens (tertiary/aromatic N) is 1. The zero-order chi connectivity index (χ0) is 22.7. The van der Waals surface area contributed by atoms with Crippen LogP contribution in [0.5, 0.6) is 11.5 Å². The highest BCUT2D eigenvalue weighted by Gasteiger charge is 2.34. The molecule has 2 amide bonds. The molecule has 32 heavy (non-hydrogen) atoms. The van der Waals surface area contributed by atoms with Gasteiger partial charge >= 0.3 is 0 Å². The Bertz CT molecular complexity index is 1200. The van der Waals surface area contributed by atoms with Crippen LogP contribution in [-0.4, -0.2) is 35.8 Å². The minimum absolute atomic E-state index is 0.182. The fraction of sp³-hybridized carbons (Fsp3) is 0.167. The number of hydrogen-bond donors (Lipinski definition) is 0. The van der Waals surface area contributed by atoms with Crippen LogP contribution in [0.25, 0.3) is 16.8 Å². The Balaban J connectivity index is 1.45. The maximum atomic E-state index is 12.8. The number of benzene rings is 3. The Labute approximate surface area is 207 Å². The highest BCUT2D eigenvalue weighted by atomic mass is 79.9. The van der Waals surface area contributed by atoms with E-state index in [2.05, 4.69) is 31.9 Å². The third-order valence-corrected chi connectivity index (χ3v) is 6.89. The molecule has 0 unspecified atom stereocenters. The van der Waals surface area contributed by atoms with Crippen LogP contribution in [0.15, 0.2) is 68.4 Å². The number of imide groups is 1. The Morgan fingerprint density at radius 3 is 2.47 bits per heavy atom. The molecule has 3 aromatic rings. The van der Waals surface area contributed by atoms with Gasteiger partial charge in [-0.2, -0.15) is 0 Å². The number of carbonyl (C=O) groups excluding carboxylic acids is 2. The molecule has 1 heterocycles. The van der Waals surface area contributed by atoms with Crippen molar-refractivity contribution in [3.63, 3.8) is 0 Å². The van der Waals surface area contributed by atoms with E-state index in [0.717, 1.165) is 42.8 Å². The van der Waals surface area contributed by atoms with Crippen LogP contribution >= 0.6 is 43.6 Å². The quantitative estimate of drug-likeness (QED) is 0.287. The molecule has 1 saturated heterocycles. The summed E-state index contributed by atoms with van der Waals surface area (Å²) in [5.41, 5.74) is 0.782. The van der Waals surface area contributed by atoms with Crippen LogP contribution in [-0.2, 0) is 4.79 Å². The molecule has 0 radical (unpaired) electrons. The van der Waals surface area contributed by atoms with E-state index in [4.69, 9.17) is 9.47 Å². The van der Waals surface area contributed by atoms with Crippen LogP contribution in [0, 0.1) is 0 Å². The van der Waals surface area contributed by atoms with Crippen molar-refractivity contribution in [2.24, 2.45) is 0 Å². The summed E-state index contributed by atoms with van der Waals surface area (Å²) in [5.74, 6) is 1.11. The second kappa shape index (κ2) is 10.1. The highest BCUT2D eigenvalue weighted by Crippen LogP contribution is 2.37. The molecule has 164 valence electrons. The van der Waals surface area contributed by atoms with Gasteiger partial charge in [-0.15, -0.1) is 0 Å². The molecule has 0 aliphatic carbocycles. The van der Waals surface area contributed by atoms with Crippen LogP contribution in [0.3, 0.4) is 0 Å². The third-order valence-electron chi connectivity index (χ3n) is 4.80. The number of halogens is 2. The number of fused-ring (bicyclic) bond motifs is 1. The van der Waals surface area contributed by atoms with Gasteiger partial charge in [0.2, 0.25) is 0 Å². The molecule has 0 aromatic heterocycles. The minimum Gasteiger partial charge on any atom is -0.492 e. The van der Waals surface area contributed by atoms with Crippen molar-refractivity contribution in [3.8, 4) is 11.5 Å². The van der Waals surface area contributed by atoms with Crippen LogP contribution in [0.1, 0.15) is 12.5 Å². The molecule has 5 nitrogen and oxygen atoms in total. The van der Waals surface area contributed by atoms with Gasteiger partial charge in [-0.1, -0.05) is 36.4 Å². The zero-order valence-corrected chi connectivity index (χ0v) is 21.1. The number of rotatable bonds is 7. The van der Waals surface area contributed by atoms with Gasteiger partial charge < -0.3 is 9.47 Å². The Hall–Kier alpha value is -2.29. The summed E-state index contributed by atoms with van der Waals surface area (Å²) in [6, 6.07) is 17.5. The second-order valence-electron chi connectivity index (χ2n) is 6.91. The Morgan fingerprint density at radius 2 is 1.72 bits per heavy atom. The standard InChI is InChI=1S/C24H19Br2NO4S/c1-2-30-22-18(25)12-15(13-19(22)26)14-21-23(28)27(24(29)32-21)10-11-31-20-9-5-7-16-6-3-4-8-17(16)20/h3-9,12-14H,2,10-11H2,1H3/b21-14-. The van der Waals surface area contributed by atoms with Crippen molar-refractivity contribution >= 4 is 71.6 Å². The van der Waals surface area contributed by atoms with Gasteiger partial charge in [0.05, 0.1) is 27.0 Å². The summed E-state index contributed by atoms with van der Waals surface area (Å²) in [6.07, 6.45) is 1.71. The molecule has 1 fully saturated rings. The van der Waals surface area contributed by atoms with Gasteiger partial charge in [0.1, 0.15) is 18.1 Å². The second-order valence-corrected chi connectivity index (χ2v) is 9.61. The number of hydrogen-bond acceptors (Lipinski definition) is 5. The molecule has 4 rings (SSSR count). The lowest BCUT2D eigenvalue weighted by molar-refractivity contribution is -0.123. The van der Waals surface area contributed by atoms with Crippen LogP contribution in [0.4, 0.5) is 4.79 Å². The van der Waals surface area contributed by atoms with Crippen molar-refractivity contribution in [2.45, 2.75) is 6.92 Å². The first kappa shape index (κ1) is 22.9. The average molecular weight is 577 g/mol. The van der Waals surface area contributed by atoms with Gasteiger partial charge in [-0.05, 0) is 85.8 Å². The van der Waals surface area contributed by atoms with Crippen molar-refractivity contribution < 1.29 is 19.1 Å². The first-order valence-corrected chi connectivity index (χ1v) is 12.4. The Morgan fingerprint density at radius 1 is 1.00 bits per heavy atom. The van der Waals surface area contributed by atoms with Crippen LogP contribution in [0.2, 0.25) is 0 Å². The molecule has 8 heteroatoms. The summed E-state index contributed by atoms with van der Waals surface area (Å²) in [6.45, 7) is 2.85. The predicted molar refractivity (Wildman–Crippen MR) is 135 cm³/mol. The molecule has 1 aliphatic heterocycles. The largest absolute Gasteiger partial charge is 0.492 e. The molecule has 0 atom stereocenters. The first-order chi connectivity index (χ1) is 15.5. The van der Waals surface area contributed by atoms with Gasteiger partial charge in [0.25, 0.3) is 11.1 Å². The van der Waals surface area contributed by atoms with Crippen molar-refractivity contribution in [1.29, 1.82) is 0 Å². The Kier molecular flexibility index (Phi) is 7.23. The molecule has 0 saturated carbocycles. The van der Waals surface area contributed by atoms with E-state index < -0.39 is 0 Å². The van der Waals surface area contributed by atoms with E-state index in [1.807, 2.05) is 61.5 Å². The molecular weight excluding hydrogens is 558 g/mol. The smallest absolute Gasteiger partial charge is 0.293 e. The SMILES string of the molecule is CCOc1c(Br)cc(/C=C2\SC(=O)N(CCOc3cccc4ccccc34)C2=O)cc1Br. The lowest BCUT2D eigenvalue weighted by Crippen LogP contribution is -2.32. The summed E-state index contributed by atoms with van der Waals surface area (Å²) in [5, 5.41) is 1.77. The summed E-state index contributed by atoms with van der Waals surface area (Å²) in [7, 11) is 0. The van der Waals surface area contributed by atoms with E-state index in [1.54, 1.807) is 6.08 Å². The zero-order valence-electron chi connectivity index (χ0n) is 17.1. The van der Waals surface area contributed by atoms with Crippen LogP contribution < -0.4 is 9.47 Å². The van der Waals surface area contributed by atoms with E-state index in [1.165, 1.54) is 4.90 Å².